The van der Waals surface area contributed by atoms with Crippen LogP contribution in [0.5, 0.6) is 0 Å². The molecule has 0 aromatic heterocycles. The second-order valence-electron chi connectivity index (χ2n) is 10.3. The minimum Gasteiger partial charge on any atom is -0.481 e. The molecular weight excluding hydrogens is 512 g/mol. The number of aliphatic carboxylic acids is 2. The van der Waals surface area contributed by atoms with E-state index in [4.69, 9.17) is 14.6 Å². The molecule has 2 atom stereocenters. The highest BCUT2D eigenvalue weighted by Crippen LogP contribution is 2.38. The fourth-order valence-corrected chi connectivity index (χ4v) is 4.98. The lowest BCUT2D eigenvalue weighted by Gasteiger charge is -2.39. The predicted molar refractivity (Wildman–Crippen MR) is 151 cm³/mol. The maximum absolute atomic E-state index is 12.8. The summed E-state index contributed by atoms with van der Waals surface area (Å²) in [5.41, 5.74) is -0.113. The molecule has 0 bridgehead atoms. The molecule has 0 spiro atoms. The summed E-state index contributed by atoms with van der Waals surface area (Å²) in [6.45, 7) is 3.11. The highest BCUT2D eigenvalue weighted by atomic mass is 16.6. The van der Waals surface area contributed by atoms with Gasteiger partial charge in [0.25, 0.3) is 0 Å². The summed E-state index contributed by atoms with van der Waals surface area (Å²) in [5, 5.41) is 19.2. The van der Waals surface area contributed by atoms with Gasteiger partial charge in [-0.25, -0.2) is 0 Å². The van der Waals surface area contributed by atoms with E-state index in [1.165, 1.54) is 0 Å². The van der Waals surface area contributed by atoms with Crippen LogP contribution in [0, 0.1) is 5.41 Å². The number of unbranched alkanes of at least 4 members (excludes halogenated alkanes) is 6. The van der Waals surface area contributed by atoms with Gasteiger partial charge in [-0.2, -0.15) is 0 Å². The van der Waals surface area contributed by atoms with Crippen LogP contribution in [0.4, 0.5) is 0 Å². The third-order valence-corrected chi connectivity index (χ3v) is 7.33. The lowest BCUT2D eigenvalue weighted by molar-refractivity contribution is -0.186. The van der Waals surface area contributed by atoms with Crippen LogP contribution in [-0.4, -0.2) is 46.3 Å². The summed E-state index contributed by atoms with van der Waals surface area (Å²) in [6, 6.07) is 18.1. The average Bonchev–Trinajstić information content (AvgIpc) is 2.90. The lowest BCUT2D eigenvalue weighted by atomic mass is 9.73. The number of rotatable bonds is 19. The second kappa shape index (κ2) is 17.1. The fraction of sp³-hybridized carbons (Fsp3) is 0.500. The molecule has 40 heavy (non-hydrogen) atoms. The van der Waals surface area contributed by atoms with Crippen molar-refractivity contribution in [3.8, 4) is 0 Å². The minimum atomic E-state index is -1.62. The van der Waals surface area contributed by atoms with Gasteiger partial charge in [-0.05, 0) is 37.8 Å². The van der Waals surface area contributed by atoms with Crippen LogP contribution in [-0.2, 0) is 41.5 Å². The number of carboxylic acids is 2. The first kappa shape index (κ1) is 32.5. The number of ether oxygens (including phenoxy) is 2. The number of benzene rings is 2. The minimum absolute atomic E-state index is 0.00489. The van der Waals surface area contributed by atoms with Crippen molar-refractivity contribution in [1.82, 2.24) is 0 Å². The van der Waals surface area contributed by atoms with Crippen LogP contribution in [0.3, 0.4) is 0 Å². The van der Waals surface area contributed by atoms with E-state index in [9.17, 15) is 24.3 Å². The van der Waals surface area contributed by atoms with Gasteiger partial charge in [-0.3, -0.25) is 19.2 Å². The average molecular weight is 555 g/mol. The zero-order valence-electron chi connectivity index (χ0n) is 23.6. The Bertz CT molecular complexity index is 1010. The van der Waals surface area contributed by atoms with Crippen LogP contribution in [0.15, 0.2) is 60.7 Å². The van der Waals surface area contributed by atoms with Gasteiger partial charge >= 0.3 is 23.9 Å². The van der Waals surface area contributed by atoms with Crippen molar-refractivity contribution in [2.24, 2.45) is 5.41 Å². The SMILES string of the molecule is CC(OC(=O)Cc1ccccc1)C(CCCCCCCCCC(=O)O)(C(=O)O)C(C)OC(=O)Cc1ccccc1. The summed E-state index contributed by atoms with van der Waals surface area (Å²) in [7, 11) is 0. The molecule has 0 heterocycles. The number of hydrogen-bond acceptors (Lipinski definition) is 6. The van der Waals surface area contributed by atoms with Gasteiger partial charge in [0.05, 0.1) is 12.8 Å². The van der Waals surface area contributed by atoms with E-state index in [1.54, 1.807) is 38.1 Å². The molecule has 2 aromatic carbocycles. The molecule has 218 valence electrons. The van der Waals surface area contributed by atoms with Gasteiger partial charge < -0.3 is 19.7 Å². The van der Waals surface area contributed by atoms with E-state index in [1.807, 2.05) is 36.4 Å². The van der Waals surface area contributed by atoms with Crippen molar-refractivity contribution in [1.29, 1.82) is 0 Å². The van der Waals surface area contributed by atoms with E-state index in [0.29, 0.717) is 12.8 Å². The van der Waals surface area contributed by atoms with Crippen LogP contribution in [0.25, 0.3) is 0 Å². The monoisotopic (exact) mass is 554 g/mol. The Balaban J connectivity index is 2.07. The second-order valence-corrected chi connectivity index (χ2v) is 10.3. The molecule has 0 aliphatic heterocycles. The van der Waals surface area contributed by atoms with E-state index >= 15 is 0 Å². The smallest absolute Gasteiger partial charge is 0.317 e. The third-order valence-electron chi connectivity index (χ3n) is 7.33. The zero-order valence-corrected chi connectivity index (χ0v) is 23.6. The van der Waals surface area contributed by atoms with Gasteiger partial charge in [0, 0.05) is 6.42 Å². The van der Waals surface area contributed by atoms with Gasteiger partial charge in [-0.15, -0.1) is 0 Å². The Morgan fingerprint density at radius 3 is 1.45 bits per heavy atom. The molecule has 8 heteroatoms. The Morgan fingerprint density at radius 1 is 0.650 bits per heavy atom. The molecule has 2 N–H and O–H groups in total. The molecule has 2 aromatic rings. The van der Waals surface area contributed by atoms with Crippen molar-refractivity contribution in [3.63, 3.8) is 0 Å². The molecule has 0 saturated carbocycles. The standard InChI is InChI=1S/C32H42O8/c1-24(39-29(35)22-26-16-10-8-11-17-26)32(31(37)38,21-15-7-5-3-4-6-14-20-28(33)34)25(2)40-30(36)23-27-18-12-9-13-19-27/h8-13,16-19,24-25H,3-7,14-15,20-23H2,1-2H3,(H,33,34)(H,37,38). The number of hydrogen-bond donors (Lipinski definition) is 2. The Labute approximate surface area is 236 Å². The van der Waals surface area contributed by atoms with Crippen LogP contribution in [0.2, 0.25) is 0 Å². The maximum atomic E-state index is 12.8. The molecule has 0 amide bonds. The number of carbonyl (C=O) groups excluding carboxylic acids is 2. The van der Waals surface area contributed by atoms with Gasteiger partial charge in [-0.1, -0.05) is 99.2 Å². The summed E-state index contributed by atoms with van der Waals surface area (Å²) in [6.07, 6.45) is 3.75. The normalized spacial score (nSPS) is 13.9. The highest BCUT2D eigenvalue weighted by molar-refractivity contribution is 5.79. The zero-order chi connectivity index (χ0) is 29.4. The summed E-state index contributed by atoms with van der Waals surface area (Å²) in [4.78, 5) is 49.0. The lowest BCUT2D eigenvalue weighted by Crippen LogP contribution is -2.52. The van der Waals surface area contributed by atoms with Crippen molar-refractivity contribution in [2.45, 2.75) is 96.7 Å². The van der Waals surface area contributed by atoms with Gasteiger partial charge in [0.2, 0.25) is 0 Å². The molecule has 0 radical (unpaired) electrons. The van der Waals surface area contributed by atoms with Crippen LogP contribution in [0.1, 0.15) is 82.8 Å². The Morgan fingerprint density at radius 2 is 1.05 bits per heavy atom. The van der Waals surface area contributed by atoms with E-state index in [-0.39, 0.29) is 25.7 Å². The van der Waals surface area contributed by atoms with Crippen LogP contribution < -0.4 is 0 Å². The molecule has 8 nitrogen and oxygen atoms in total. The molecule has 0 saturated heterocycles. The number of carbonyl (C=O) groups is 4. The summed E-state index contributed by atoms with van der Waals surface area (Å²) >= 11 is 0. The van der Waals surface area contributed by atoms with Crippen LogP contribution >= 0.6 is 0 Å². The largest absolute Gasteiger partial charge is 0.481 e. The van der Waals surface area contributed by atoms with Crippen molar-refractivity contribution in [3.05, 3.63) is 71.8 Å². The van der Waals surface area contributed by atoms with Gasteiger partial charge in [0.1, 0.15) is 17.6 Å². The molecule has 0 fully saturated rings. The molecule has 2 unspecified atom stereocenters. The first-order valence-electron chi connectivity index (χ1n) is 14.1. The fourth-order valence-electron chi connectivity index (χ4n) is 4.98. The van der Waals surface area contributed by atoms with Crippen molar-refractivity contribution in [2.75, 3.05) is 0 Å². The highest BCUT2D eigenvalue weighted by Gasteiger charge is 2.52. The number of carboxylic acid groups (broad SMARTS) is 2. The first-order valence-corrected chi connectivity index (χ1v) is 14.1. The van der Waals surface area contributed by atoms with Crippen molar-refractivity contribution >= 4 is 23.9 Å². The first-order chi connectivity index (χ1) is 19.1. The maximum Gasteiger partial charge on any atom is 0.317 e. The van der Waals surface area contributed by atoms with E-state index in [2.05, 4.69) is 0 Å². The van der Waals surface area contributed by atoms with Crippen molar-refractivity contribution < 1.29 is 38.9 Å². The summed E-state index contributed by atoms with van der Waals surface area (Å²) in [5.74, 6) is -3.06. The van der Waals surface area contributed by atoms with E-state index < -0.39 is 41.5 Å². The third kappa shape index (κ3) is 10.8. The summed E-state index contributed by atoms with van der Waals surface area (Å²) < 4.78 is 11.4. The molecule has 2 rings (SSSR count). The molecule has 0 aliphatic rings. The molecule has 0 aliphatic carbocycles. The van der Waals surface area contributed by atoms with E-state index in [0.717, 1.165) is 43.2 Å². The topological polar surface area (TPSA) is 127 Å². The Hall–Kier alpha value is -3.68. The molecular formula is C32H42O8. The predicted octanol–water partition coefficient (Wildman–Crippen LogP) is 6.00. The Kier molecular flexibility index (Phi) is 13.9. The quantitative estimate of drug-likeness (QED) is 0.160. The van der Waals surface area contributed by atoms with Gasteiger partial charge in [0.15, 0.2) is 0 Å². The number of esters is 2.